The molecule has 0 saturated heterocycles. The van der Waals surface area contributed by atoms with Gasteiger partial charge in [0.25, 0.3) is 5.91 Å². The van der Waals surface area contributed by atoms with Crippen molar-refractivity contribution in [3.63, 3.8) is 0 Å². The Labute approximate surface area is 134 Å². The molecule has 8 nitrogen and oxygen atoms in total. The maximum absolute atomic E-state index is 11.9. The number of hydrogen-bond acceptors (Lipinski definition) is 6. The van der Waals surface area contributed by atoms with E-state index < -0.39 is 18.5 Å². The highest BCUT2D eigenvalue weighted by Gasteiger charge is 2.16. The second-order valence-corrected chi connectivity index (χ2v) is 4.57. The van der Waals surface area contributed by atoms with E-state index in [1.54, 1.807) is 6.07 Å². The molecule has 1 rings (SSSR count). The van der Waals surface area contributed by atoms with E-state index in [0.29, 0.717) is 11.5 Å². The van der Waals surface area contributed by atoms with Crippen molar-refractivity contribution in [3.05, 3.63) is 23.8 Å². The lowest BCUT2D eigenvalue weighted by molar-refractivity contribution is -0.137. The smallest absolute Gasteiger partial charge is 0.338 e. The summed E-state index contributed by atoms with van der Waals surface area (Å²) in [5.41, 5.74) is 0.226. The second kappa shape index (κ2) is 8.62. The number of carbonyl (C=O) groups is 3. The molecule has 1 aromatic rings. The number of benzene rings is 1. The summed E-state index contributed by atoms with van der Waals surface area (Å²) >= 11 is 0. The molecule has 0 bridgehead atoms. The van der Waals surface area contributed by atoms with Crippen LogP contribution in [0, 0.1) is 0 Å². The van der Waals surface area contributed by atoms with Crippen LogP contribution in [-0.4, -0.2) is 64.2 Å². The lowest BCUT2D eigenvalue weighted by Gasteiger charge is -2.16. The molecule has 0 atom stereocenters. The van der Waals surface area contributed by atoms with Crippen LogP contribution < -0.4 is 14.8 Å². The Bertz CT molecular complexity index is 587. The monoisotopic (exact) mass is 324 g/mol. The van der Waals surface area contributed by atoms with Crippen molar-refractivity contribution in [2.45, 2.75) is 0 Å². The molecule has 0 unspecified atom stereocenters. The highest BCUT2D eigenvalue weighted by atomic mass is 16.5. The molecule has 1 N–H and O–H groups in total. The predicted octanol–water partition coefficient (Wildman–Crippen LogP) is 0.0650. The predicted molar refractivity (Wildman–Crippen MR) is 81.5 cm³/mol. The van der Waals surface area contributed by atoms with Crippen LogP contribution in [0.25, 0.3) is 0 Å². The Kier molecular flexibility index (Phi) is 6.85. The first-order valence-corrected chi connectivity index (χ1v) is 6.76. The number of esters is 1. The van der Waals surface area contributed by atoms with Gasteiger partial charge in [-0.2, -0.15) is 0 Å². The van der Waals surface area contributed by atoms with Crippen molar-refractivity contribution >= 4 is 17.8 Å². The van der Waals surface area contributed by atoms with Gasteiger partial charge in [0.15, 0.2) is 18.1 Å². The van der Waals surface area contributed by atoms with Crippen LogP contribution in [0.1, 0.15) is 10.4 Å². The van der Waals surface area contributed by atoms with Gasteiger partial charge in [-0.1, -0.05) is 0 Å². The van der Waals surface area contributed by atoms with Gasteiger partial charge in [-0.15, -0.1) is 0 Å². The number of carbonyl (C=O) groups excluding carboxylic acids is 3. The van der Waals surface area contributed by atoms with Crippen molar-refractivity contribution in [3.8, 4) is 11.5 Å². The van der Waals surface area contributed by atoms with E-state index in [0.717, 1.165) is 0 Å². The van der Waals surface area contributed by atoms with Gasteiger partial charge < -0.3 is 24.4 Å². The summed E-state index contributed by atoms with van der Waals surface area (Å²) in [6.45, 7) is -0.566. The van der Waals surface area contributed by atoms with Gasteiger partial charge in [-0.3, -0.25) is 9.59 Å². The lowest BCUT2D eigenvalue weighted by atomic mass is 10.2. The molecule has 1 aromatic carbocycles. The second-order valence-electron chi connectivity index (χ2n) is 4.57. The Hall–Kier alpha value is -2.77. The summed E-state index contributed by atoms with van der Waals surface area (Å²) in [5, 5.41) is 2.40. The van der Waals surface area contributed by atoms with Crippen molar-refractivity contribution < 1.29 is 28.6 Å². The third kappa shape index (κ3) is 5.17. The molecule has 0 radical (unpaired) electrons. The van der Waals surface area contributed by atoms with Crippen LogP contribution in [-0.2, 0) is 14.3 Å². The fourth-order valence-electron chi connectivity index (χ4n) is 1.67. The van der Waals surface area contributed by atoms with Crippen LogP contribution in [0.15, 0.2) is 18.2 Å². The van der Waals surface area contributed by atoms with E-state index in [1.807, 2.05) is 0 Å². The average Bonchev–Trinajstić information content (AvgIpc) is 2.58. The summed E-state index contributed by atoms with van der Waals surface area (Å²) in [6, 6.07) is 4.53. The minimum atomic E-state index is -0.673. The number of nitrogens with one attached hydrogen (secondary N) is 1. The molecule has 8 heteroatoms. The third-order valence-electron chi connectivity index (χ3n) is 3.03. The van der Waals surface area contributed by atoms with Gasteiger partial charge in [-0.05, 0) is 18.2 Å². The summed E-state index contributed by atoms with van der Waals surface area (Å²) < 4.78 is 15.1. The fraction of sp³-hybridized carbons (Fsp3) is 0.400. The lowest BCUT2D eigenvalue weighted by Crippen LogP contribution is -2.39. The van der Waals surface area contributed by atoms with Crippen molar-refractivity contribution in [1.82, 2.24) is 10.2 Å². The molecule has 0 saturated carbocycles. The standard InChI is InChI=1S/C15H20N2O6/c1-16-13(18)8-17(2)14(19)9-23-15(20)10-5-6-11(21-3)12(7-10)22-4/h5-7H,8-9H2,1-4H3,(H,16,18). The molecule has 126 valence electrons. The summed E-state index contributed by atoms with van der Waals surface area (Å²) in [4.78, 5) is 36.1. The van der Waals surface area contributed by atoms with E-state index in [2.05, 4.69) is 5.32 Å². The molecule has 0 aromatic heterocycles. The van der Waals surface area contributed by atoms with Crippen molar-refractivity contribution in [2.24, 2.45) is 0 Å². The summed E-state index contributed by atoms with van der Waals surface area (Å²) in [6.07, 6.45) is 0. The van der Waals surface area contributed by atoms with Crippen LogP contribution in [0.3, 0.4) is 0 Å². The number of likely N-dealkylation sites (N-methyl/N-ethyl adjacent to an activating group) is 2. The molecule has 0 aliphatic heterocycles. The number of ether oxygens (including phenoxy) is 3. The Morgan fingerprint density at radius 1 is 1.13 bits per heavy atom. The molecule has 23 heavy (non-hydrogen) atoms. The molecular weight excluding hydrogens is 304 g/mol. The van der Waals surface area contributed by atoms with Crippen LogP contribution in [0.2, 0.25) is 0 Å². The molecule has 0 aliphatic rings. The average molecular weight is 324 g/mol. The molecule has 0 spiro atoms. The fourth-order valence-corrected chi connectivity index (χ4v) is 1.67. The van der Waals surface area contributed by atoms with Gasteiger partial charge in [0, 0.05) is 14.1 Å². The zero-order valence-corrected chi connectivity index (χ0v) is 13.5. The number of methoxy groups -OCH3 is 2. The van der Waals surface area contributed by atoms with E-state index in [-0.39, 0.29) is 18.0 Å². The normalized spacial score (nSPS) is 9.74. The van der Waals surface area contributed by atoms with Crippen LogP contribution >= 0.6 is 0 Å². The number of hydrogen-bond donors (Lipinski definition) is 1. The highest BCUT2D eigenvalue weighted by Crippen LogP contribution is 2.27. The minimum absolute atomic E-state index is 0.108. The van der Waals surface area contributed by atoms with E-state index in [1.165, 1.54) is 45.3 Å². The zero-order chi connectivity index (χ0) is 17.4. The molecule has 0 heterocycles. The first kappa shape index (κ1) is 18.3. The maximum atomic E-state index is 11.9. The first-order valence-electron chi connectivity index (χ1n) is 6.76. The Balaban J connectivity index is 2.63. The molecular formula is C15H20N2O6. The first-order chi connectivity index (χ1) is 10.9. The largest absolute Gasteiger partial charge is 0.493 e. The Morgan fingerprint density at radius 3 is 2.35 bits per heavy atom. The summed E-state index contributed by atoms with van der Waals surface area (Å²) in [5.74, 6) is -0.613. The Morgan fingerprint density at radius 2 is 1.78 bits per heavy atom. The SMILES string of the molecule is CNC(=O)CN(C)C(=O)COC(=O)c1ccc(OC)c(OC)c1. The van der Waals surface area contributed by atoms with E-state index in [9.17, 15) is 14.4 Å². The van der Waals surface area contributed by atoms with Crippen molar-refractivity contribution in [2.75, 3.05) is 41.5 Å². The minimum Gasteiger partial charge on any atom is -0.493 e. The van der Waals surface area contributed by atoms with Crippen LogP contribution in [0.4, 0.5) is 0 Å². The highest BCUT2D eigenvalue weighted by molar-refractivity contribution is 5.92. The zero-order valence-electron chi connectivity index (χ0n) is 13.5. The number of nitrogens with zero attached hydrogens (tertiary/aromatic N) is 1. The number of rotatable bonds is 7. The topological polar surface area (TPSA) is 94.2 Å². The van der Waals surface area contributed by atoms with Gasteiger partial charge in [0.1, 0.15) is 0 Å². The van der Waals surface area contributed by atoms with Gasteiger partial charge in [-0.25, -0.2) is 4.79 Å². The number of amides is 2. The molecule has 0 aliphatic carbocycles. The van der Waals surface area contributed by atoms with Crippen molar-refractivity contribution in [1.29, 1.82) is 0 Å². The summed E-state index contributed by atoms with van der Waals surface area (Å²) in [7, 11) is 5.85. The quantitative estimate of drug-likeness (QED) is 0.713. The molecule has 0 fully saturated rings. The third-order valence-corrected chi connectivity index (χ3v) is 3.03. The van der Waals surface area contributed by atoms with Gasteiger partial charge >= 0.3 is 5.97 Å². The van der Waals surface area contributed by atoms with E-state index >= 15 is 0 Å². The van der Waals surface area contributed by atoms with Crippen LogP contribution in [0.5, 0.6) is 11.5 Å². The van der Waals surface area contributed by atoms with E-state index in [4.69, 9.17) is 14.2 Å². The van der Waals surface area contributed by atoms with Gasteiger partial charge in [0.2, 0.25) is 5.91 Å². The maximum Gasteiger partial charge on any atom is 0.338 e. The van der Waals surface area contributed by atoms with Gasteiger partial charge in [0.05, 0.1) is 26.3 Å². The molecule has 2 amide bonds.